The van der Waals surface area contributed by atoms with Crippen LogP contribution in [0.2, 0.25) is 0 Å². The zero-order valence-electron chi connectivity index (χ0n) is 15.7. The van der Waals surface area contributed by atoms with E-state index in [0.29, 0.717) is 6.54 Å². The Bertz CT molecular complexity index is 858. The number of thiazole rings is 1. The standard InChI is InChI=1S/C20H27N5S/c1-4-21-20(24-13-19-25-14(2)15(3)26-19)22-11-7-8-16-12-23-18-10-6-5-9-17(16)18/h5-6,9-10,12,23H,4,7-8,11,13H2,1-3H3,(H2,21,22,24). The van der Waals surface area contributed by atoms with Gasteiger partial charge in [0.05, 0.1) is 12.2 Å². The predicted molar refractivity (Wildman–Crippen MR) is 111 cm³/mol. The second-order valence-corrected chi connectivity index (χ2v) is 7.62. The molecule has 3 rings (SSSR count). The zero-order chi connectivity index (χ0) is 18.4. The van der Waals surface area contributed by atoms with E-state index < -0.39 is 0 Å². The van der Waals surface area contributed by atoms with Crippen molar-refractivity contribution in [3.63, 3.8) is 0 Å². The van der Waals surface area contributed by atoms with E-state index in [4.69, 9.17) is 0 Å². The molecule has 0 saturated heterocycles. The summed E-state index contributed by atoms with van der Waals surface area (Å²) in [5.74, 6) is 0.858. The molecule has 6 heteroatoms. The molecule has 0 bridgehead atoms. The van der Waals surface area contributed by atoms with E-state index in [1.807, 2.05) is 6.92 Å². The molecule has 0 aliphatic heterocycles. The van der Waals surface area contributed by atoms with Crippen LogP contribution in [0.3, 0.4) is 0 Å². The van der Waals surface area contributed by atoms with E-state index in [-0.39, 0.29) is 0 Å². The predicted octanol–water partition coefficient (Wildman–Crippen LogP) is 3.93. The van der Waals surface area contributed by atoms with E-state index in [9.17, 15) is 0 Å². The lowest BCUT2D eigenvalue weighted by atomic mass is 10.1. The number of para-hydroxylation sites is 1. The van der Waals surface area contributed by atoms with Gasteiger partial charge in [0.2, 0.25) is 0 Å². The van der Waals surface area contributed by atoms with Gasteiger partial charge in [0.1, 0.15) is 5.01 Å². The van der Waals surface area contributed by atoms with Gasteiger partial charge in [0, 0.05) is 35.1 Å². The second-order valence-electron chi connectivity index (χ2n) is 6.33. The third-order valence-electron chi connectivity index (χ3n) is 4.38. The van der Waals surface area contributed by atoms with Crippen LogP contribution in [-0.4, -0.2) is 29.0 Å². The Labute approximate surface area is 159 Å². The van der Waals surface area contributed by atoms with E-state index in [1.54, 1.807) is 11.3 Å². The van der Waals surface area contributed by atoms with Crippen LogP contribution in [-0.2, 0) is 13.0 Å². The quantitative estimate of drug-likeness (QED) is 0.336. The molecule has 0 aliphatic rings. The molecule has 3 aromatic rings. The van der Waals surface area contributed by atoms with Gasteiger partial charge < -0.3 is 15.6 Å². The number of aliphatic imine (C=N–C) groups is 1. The number of benzene rings is 1. The Morgan fingerprint density at radius 2 is 2.08 bits per heavy atom. The van der Waals surface area contributed by atoms with Crippen molar-refractivity contribution in [3.05, 3.63) is 51.6 Å². The number of nitrogens with zero attached hydrogens (tertiary/aromatic N) is 2. The lowest BCUT2D eigenvalue weighted by Crippen LogP contribution is -2.37. The number of fused-ring (bicyclic) bond motifs is 1. The average molecular weight is 370 g/mol. The number of H-pyrrole nitrogens is 1. The molecule has 0 amide bonds. The number of aryl methyl sites for hydroxylation is 3. The molecule has 0 radical (unpaired) electrons. The minimum atomic E-state index is 0.622. The summed E-state index contributed by atoms with van der Waals surface area (Å²) in [5.41, 5.74) is 3.69. The van der Waals surface area contributed by atoms with Gasteiger partial charge in [-0.1, -0.05) is 18.2 Å². The van der Waals surface area contributed by atoms with Crippen molar-refractivity contribution in [1.82, 2.24) is 20.6 Å². The highest BCUT2D eigenvalue weighted by atomic mass is 32.1. The summed E-state index contributed by atoms with van der Waals surface area (Å²) in [6, 6.07) is 8.46. The van der Waals surface area contributed by atoms with Gasteiger partial charge >= 0.3 is 0 Å². The maximum atomic E-state index is 4.66. The minimum Gasteiger partial charge on any atom is -0.361 e. The van der Waals surface area contributed by atoms with E-state index in [1.165, 1.54) is 21.3 Å². The molecule has 5 nitrogen and oxygen atoms in total. The first-order valence-corrected chi connectivity index (χ1v) is 9.99. The smallest absolute Gasteiger partial charge is 0.191 e. The van der Waals surface area contributed by atoms with Crippen molar-refractivity contribution in [1.29, 1.82) is 0 Å². The molecule has 0 atom stereocenters. The molecular weight excluding hydrogens is 342 g/mol. The largest absolute Gasteiger partial charge is 0.361 e. The van der Waals surface area contributed by atoms with E-state index in [0.717, 1.165) is 42.6 Å². The highest BCUT2D eigenvalue weighted by molar-refractivity contribution is 7.11. The van der Waals surface area contributed by atoms with Crippen molar-refractivity contribution in [3.8, 4) is 0 Å². The Morgan fingerprint density at radius 1 is 1.23 bits per heavy atom. The zero-order valence-corrected chi connectivity index (χ0v) is 16.5. The molecule has 0 unspecified atom stereocenters. The summed E-state index contributed by atoms with van der Waals surface area (Å²) in [6.07, 6.45) is 4.22. The van der Waals surface area contributed by atoms with Crippen LogP contribution in [0, 0.1) is 13.8 Å². The van der Waals surface area contributed by atoms with Crippen molar-refractivity contribution in [2.24, 2.45) is 4.99 Å². The normalized spacial score (nSPS) is 11.9. The van der Waals surface area contributed by atoms with Crippen LogP contribution in [0.25, 0.3) is 10.9 Å². The van der Waals surface area contributed by atoms with Crippen molar-refractivity contribution in [2.45, 2.75) is 40.2 Å². The topological polar surface area (TPSA) is 65.1 Å². The first-order chi connectivity index (χ1) is 12.7. The summed E-state index contributed by atoms with van der Waals surface area (Å²) < 4.78 is 0. The highest BCUT2D eigenvalue weighted by Gasteiger charge is 2.05. The lowest BCUT2D eigenvalue weighted by molar-refractivity contribution is 0.745. The van der Waals surface area contributed by atoms with Crippen LogP contribution in [0.4, 0.5) is 0 Å². The van der Waals surface area contributed by atoms with Gasteiger partial charge in [-0.25, -0.2) is 9.98 Å². The summed E-state index contributed by atoms with van der Waals surface area (Å²) in [6.45, 7) is 8.60. The number of aromatic nitrogens is 2. The summed E-state index contributed by atoms with van der Waals surface area (Å²) in [7, 11) is 0. The summed E-state index contributed by atoms with van der Waals surface area (Å²) in [4.78, 5) is 13.8. The SMILES string of the molecule is CCNC(=NCc1nc(C)c(C)s1)NCCCc1c[nH]c2ccccc12. The second kappa shape index (κ2) is 8.85. The highest BCUT2D eigenvalue weighted by Crippen LogP contribution is 2.19. The first-order valence-electron chi connectivity index (χ1n) is 9.17. The number of rotatable bonds is 7. The van der Waals surface area contributed by atoms with Gasteiger partial charge in [-0.15, -0.1) is 11.3 Å². The Balaban J connectivity index is 1.51. The van der Waals surface area contributed by atoms with Gasteiger partial charge in [-0.2, -0.15) is 0 Å². The van der Waals surface area contributed by atoms with Gasteiger partial charge in [-0.3, -0.25) is 0 Å². The molecular formula is C20H27N5S. The number of aromatic amines is 1. The minimum absolute atomic E-state index is 0.622. The maximum Gasteiger partial charge on any atom is 0.191 e. The van der Waals surface area contributed by atoms with Gasteiger partial charge in [0.25, 0.3) is 0 Å². The average Bonchev–Trinajstić information content (AvgIpc) is 3.20. The Morgan fingerprint density at radius 3 is 2.85 bits per heavy atom. The lowest BCUT2D eigenvalue weighted by Gasteiger charge is -2.10. The molecule has 3 N–H and O–H groups in total. The first kappa shape index (κ1) is 18.5. The third-order valence-corrected chi connectivity index (χ3v) is 5.44. The number of hydrogen-bond acceptors (Lipinski definition) is 3. The van der Waals surface area contributed by atoms with Gasteiger partial charge in [0.15, 0.2) is 5.96 Å². The number of hydrogen-bond donors (Lipinski definition) is 3. The number of guanidine groups is 1. The molecule has 2 heterocycles. The van der Waals surface area contributed by atoms with Crippen LogP contribution in [0.5, 0.6) is 0 Å². The van der Waals surface area contributed by atoms with Crippen molar-refractivity contribution < 1.29 is 0 Å². The molecule has 2 aromatic heterocycles. The van der Waals surface area contributed by atoms with E-state index >= 15 is 0 Å². The molecule has 0 saturated carbocycles. The molecule has 0 spiro atoms. The molecule has 138 valence electrons. The van der Waals surface area contributed by atoms with Crippen LogP contribution in [0.15, 0.2) is 35.5 Å². The Hall–Kier alpha value is -2.34. The summed E-state index contributed by atoms with van der Waals surface area (Å²) >= 11 is 1.72. The van der Waals surface area contributed by atoms with Crippen molar-refractivity contribution in [2.75, 3.05) is 13.1 Å². The van der Waals surface area contributed by atoms with Crippen molar-refractivity contribution >= 4 is 28.2 Å². The monoisotopic (exact) mass is 369 g/mol. The number of nitrogens with one attached hydrogen (secondary N) is 3. The Kier molecular flexibility index (Phi) is 6.28. The van der Waals surface area contributed by atoms with Gasteiger partial charge in [-0.05, 0) is 45.2 Å². The molecule has 1 aromatic carbocycles. The fourth-order valence-electron chi connectivity index (χ4n) is 2.92. The summed E-state index contributed by atoms with van der Waals surface area (Å²) in [5, 5.41) is 9.12. The van der Waals surface area contributed by atoms with Crippen LogP contribution >= 0.6 is 11.3 Å². The fraction of sp³-hybridized carbons (Fsp3) is 0.400. The third kappa shape index (κ3) is 4.64. The fourth-order valence-corrected chi connectivity index (χ4v) is 3.78. The van der Waals surface area contributed by atoms with Crippen LogP contribution in [0.1, 0.15) is 34.5 Å². The molecule has 0 fully saturated rings. The molecule has 26 heavy (non-hydrogen) atoms. The van der Waals surface area contributed by atoms with E-state index in [2.05, 4.69) is 69.9 Å². The van der Waals surface area contributed by atoms with Crippen LogP contribution < -0.4 is 10.6 Å². The maximum absolute atomic E-state index is 4.66. The molecule has 0 aliphatic carbocycles.